The van der Waals surface area contributed by atoms with Crippen molar-refractivity contribution in [2.75, 3.05) is 24.6 Å². The van der Waals surface area contributed by atoms with Gasteiger partial charge in [0, 0.05) is 32.9 Å². The lowest BCUT2D eigenvalue weighted by molar-refractivity contribution is -0.131. The summed E-state index contributed by atoms with van der Waals surface area (Å²) in [4.78, 5) is 58.7. The van der Waals surface area contributed by atoms with Crippen molar-refractivity contribution < 1.29 is 24.0 Å². The number of thiol groups is 2. The minimum atomic E-state index is -0.868. The molecule has 0 aliphatic heterocycles. The van der Waals surface area contributed by atoms with Gasteiger partial charge in [0.2, 0.25) is 29.5 Å². The SMILES string of the molecule is CC(=O)N[C@@H](CCCCNC(=O)CCS)C(=O)N[C@@H](CCCCNC(=O)CCS)C(N)=O. The van der Waals surface area contributed by atoms with E-state index in [0.29, 0.717) is 76.0 Å². The predicted octanol–water partition coefficient (Wildman–Crippen LogP) is -0.326. The third kappa shape index (κ3) is 15.8. The number of nitrogens with one attached hydrogen (secondary N) is 4. The fraction of sp³-hybridized carbons (Fsp3) is 0.750. The summed E-state index contributed by atoms with van der Waals surface area (Å²) < 4.78 is 0. The van der Waals surface area contributed by atoms with Gasteiger partial charge in [-0.05, 0) is 50.0 Å². The zero-order valence-corrected chi connectivity index (χ0v) is 20.4. The van der Waals surface area contributed by atoms with E-state index in [-0.39, 0.29) is 17.7 Å². The summed E-state index contributed by atoms with van der Waals surface area (Å²) in [6.07, 6.45) is 3.81. The van der Waals surface area contributed by atoms with E-state index >= 15 is 0 Å². The van der Waals surface area contributed by atoms with Crippen LogP contribution in [0.5, 0.6) is 0 Å². The van der Waals surface area contributed by atoms with E-state index in [4.69, 9.17) is 5.73 Å². The van der Waals surface area contributed by atoms with Gasteiger partial charge in [0.05, 0.1) is 0 Å². The van der Waals surface area contributed by atoms with E-state index in [1.165, 1.54) is 6.92 Å². The average molecular weight is 492 g/mol. The maximum absolute atomic E-state index is 12.6. The topological polar surface area (TPSA) is 159 Å². The molecule has 0 heterocycles. The fourth-order valence-electron chi connectivity index (χ4n) is 2.85. The van der Waals surface area contributed by atoms with Crippen molar-refractivity contribution in [3.05, 3.63) is 0 Å². The molecule has 0 spiro atoms. The molecule has 0 saturated heterocycles. The Morgan fingerprint density at radius 2 is 1.22 bits per heavy atom. The van der Waals surface area contributed by atoms with E-state index in [9.17, 15) is 24.0 Å². The van der Waals surface area contributed by atoms with Gasteiger partial charge < -0.3 is 27.0 Å². The minimum Gasteiger partial charge on any atom is -0.368 e. The third-order valence-corrected chi connectivity index (χ3v) is 4.96. The van der Waals surface area contributed by atoms with Gasteiger partial charge in [-0.25, -0.2) is 0 Å². The van der Waals surface area contributed by atoms with Crippen molar-refractivity contribution in [1.82, 2.24) is 21.3 Å². The molecular formula is C20H37N5O5S2. The van der Waals surface area contributed by atoms with Crippen molar-refractivity contribution in [2.45, 2.75) is 70.4 Å². The Kier molecular flexibility index (Phi) is 17.5. The molecule has 2 atom stereocenters. The number of hydrogen-bond acceptors (Lipinski definition) is 7. The van der Waals surface area contributed by atoms with Crippen LogP contribution in [0.2, 0.25) is 0 Å². The van der Waals surface area contributed by atoms with Crippen LogP contribution in [-0.4, -0.2) is 66.2 Å². The molecule has 0 aliphatic rings. The standard InChI is InChI=1S/C20H37N5O5S2/c1-14(26)24-16(7-3-5-11-23-18(28)9-13-32)20(30)25-15(19(21)29)6-2-4-10-22-17(27)8-12-31/h15-16,31-32H,2-13H2,1H3,(H2,21,29)(H,22,27)(H,23,28)(H,24,26)(H,25,30)/t15-,16-/m0/s1. The van der Waals surface area contributed by atoms with Crippen LogP contribution in [0.15, 0.2) is 0 Å². The van der Waals surface area contributed by atoms with Crippen molar-refractivity contribution in [3.8, 4) is 0 Å². The molecule has 6 N–H and O–H groups in total. The van der Waals surface area contributed by atoms with E-state index < -0.39 is 23.9 Å². The Morgan fingerprint density at radius 3 is 1.62 bits per heavy atom. The number of hydrogen-bond donors (Lipinski definition) is 7. The Hall–Kier alpha value is -1.95. The van der Waals surface area contributed by atoms with Gasteiger partial charge in [-0.15, -0.1) is 0 Å². The number of primary amides is 1. The van der Waals surface area contributed by atoms with Gasteiger partial charge in [-0.3, -0.25) is 24.0 Å². The van der Waals surface area contributed by atoms with Crippen molar-refractivity contribution in [3.63, 3.8) is 0 Å². The number of nitrogens with two attached hydrogens (primary N) is 1. The smallest absolute Gasteiger partial charge is 0.243 e. The first kappa shape index (κ1) is 30.0. The zero-order valence-electron chi connectivity index (χ0n) is 18.7. The first-order chi connectivity index (χ1) is 15.2. The summed E-state index contributed by atoms with van der Waals surface area (Å²) in [5, 5.41) is 10.7. The monoisotopic (exact) mass is 491 g/mol. The van der Waals surface area contributed by atoms with Crippen LogP contribution < -0.4 is 27.0 Å². The predicted molar refractivity (Wildman–Crippen MR) is 129 cm³/mol. The molecule has 0 aromatic rings. The fourth-order valence-corrected chi connectivity index (χ4v) is 3.26. The number of unbranched alkanes of at least 4 members (excludes halogenated alkanes) is 2. The van der Waals surface area contributed by atoms with Crippen LogP contribution >= 0.6 is 25.3 Å². The molecule has 0 bridgehead atoms. The van der Waals surface area contributed by atoms with Crippen molar-refractivity contribution >= 4 is 54.8 Å². The molecule has 0 unspecified atom stereocenters. The molecule has 12 heteroatoms. The molecule has 32 heavy (non-hydrogen) atoms. The van der Waals surface area contributed by atoms with Crippen LogP contribution in [0.1, 0.15) is 58.3 Å². The molecular weight excluding hydrogens is 454 g/mol. The van der Waals surface area contributed by atoms with E-state index in [1.54, 1.807) is 0 Å². The quantitative estimate of drug-likeness (QED) is 0.103. The molecule has 0 rings (SSSR count). The molecule has 0 radical (unpaired) electrons. The molecule has 0 aromatic carbocycles. The largest absolute Gasteiger partial charge is 0.368 e. The van der Waals surface area contributed by atoms with E-state index in [2.05, 4.69) is 46.5 Å². The van der Waals surface area contributed by atoms with Crippen molar-refractivity contribution in [1.29, 1.82) is 0 Å². The van der Waals surface area contributed by atoms with Gasteiger partial charge in [0.15, 0.2) is 0 Å². The first-order valence-electron chi connectivity index (χ1n) is 10.8. The Bertz CT molecular complexity index is 621. The van der Waals surface area contributed by atoms with Crippen LogP contribution in [0.3, 0.4) is 0 Å². The highest BCUT2D eigenvalue weighted by Gasteiger charge is 2.24. The second kappa shape index (κ2) is 18.6. The lowest BCUT2D eigenvalue weighted by Gasteiger charge is -2.21. The summed E-state index contributed by atoms with van der Waals surface area (Å²) >= 11 is 7.99. The molecule has 0 aromatic heterocycles. The number of carbonyl (C=O) groups is 5. The molecule has 0 saturated carbocycles. The molecule has 184 valence electrons. The summed E-state index contributed by atoms with van der Waals surface area (Å²) in [5.74, 6) is -0.721. The minimum absolute atomic E-state index is 0.0817. The molecule has 0 aliphatic carbocycles. The lowest BCUT2D eigenvalue weighted by atomic mass is 10.1. The van der Waals surface area contributed by atoms with Crippen LogP contribution in [0.25, 0.3) is 0 Å². The molecule has 5 amide bonds. The van der Waals surface area contributed by atoms with E-state index in [0.717, 1.165) is 0 Å². The number of rotatable bonds is 18. The highest BCUT2D eigenvalue weighted by atomic mass is 32.1. The highest BCUT2D eigenvalue weighted by Crippen LogP contribution is 2.05. The summed E-state index contributed by atoms with van der Waals surface area (Å²) in [5.41, 5.74) is 5.42. The second-order valence-electron chi connectivity index (χ2n) is 7.36. The van der Waals surface area contributed by atoms with Gasteiger partial charge in [0.1, 0.15) is 12.1 Å². The Balaban J connectivity index is 4.49. The maximum Gasteiger partial charge on any atom is 0.243 e. The van der Waals surface area contributed by atoms with Gasteiger partial charge in [-0.1, -0.05) is 0 Å². The zero-order chi connectivity index (χ0) is 24.4. The summed E-state index contributed by atoms with van der Waals surface area (Å²) in [7, 11) is 0. The second-order valence-corrected chi connectivity index (χ2v) is 8.25. The van der Waals surface area contributed by atoms with Crippen LogP contribution in [0.4, 0.5) is 0 Å². The normalized spacial score (nSPS) is 12.3. The van der Waals surface area contributed by atoms with E-state index in [1.807, 2.05) is 0 Å². The Labute approximate surface area is 200 Å². The highest BCUT2D eigenvalue weighted by molar-refractivity contribution is 7.80. The summed E-state index contributed by atoms with van der Waals surface area (Å²) in [6, 6.07) is -1.67. The van der Waals surface area contributed by atoms with Crippen LogP contribution in [0, 0.1) is 0 Å². The molecule has 0 fully saturated rings. The van der Waals surface area contributed by atoms with Gasteiger partial charge in [0.25, 0.3) is 0 Å². The number of carbonyl (C=O) groups excluding carboxylic acids is 5. The summed E-state index contributed by atoms with van der Waals surface area (Å²) in [6.45, 7) is 2.24. The van der Waals surface area contributed by atoms with Gasteiger partial charge >= 0.3 is 0 Å². The maximum atomic E-state index is 12.6. The lowest BCUT2D eigenvalue weighted by Crippen LogP contribution is -2.52. The van der Waals surface area contributed by atoms with Crippen LogP contribution in [-0.2, 0) is 24.0 Å². The Morgan fingerprint density at radius 1 is 0.750 bits per heavy atom. The first-order valence-corrected chi connectivity index (χ1v) is 12.1. The van der Waals surface area contributed by atoms with Gasteiger partial charge in [-0.2, -0.15) is 25.3 Å². The average Bonchev–Trinajstić information content (AvgIpc) is 2.71. The van der Waals surface area contributed by atoms with Crippen molar-refractivity contribution in [2.24, 2.45) is 5.73 Å². The number of amides is 5. The molecule has 10 nitrogen and oxygen atoms in total. The third-order valence-electron chi connectivity index (χ3n) is 4.52.